The predicted octanol–water partition coefficient (Wildman–Crippen LogP) is 3.68. The van der Waals surface area contributed by atoms with Crippen LogP contribution in [0, 0.1) is 0 Å². The Balaban J connectivity index is 1.38. The van der Waals surface area contributed by atoms with Crippen LogP contribution in [0.4, 0.5) is 23.1 Å². The molecule has 0 spiro atoms. The number of aromatic nitrogens is 4. The number of nitrogens with zero attached hydrogens (tertiary/aromatic N) is 5. The zero-order valence-electron chi connectivity index (χ0n) is 18.7. The molecule has 1 aliphatic rings. The smallest absolute Gasteiger partial charge is 0.247 e. The molecule has 4 aromatic rings. The molecular formula is C25H24N8O. The Bertz CT molecular complexity index is 1350. The molecule has 1 aliphatic heterocycles. The minimum atomic E-state index is -0.272. The molecule has 3 aromatic heterocycles. The molecule has 1 amide bonds. The lowest BCUT2D eigenvalue weighted by atomic mass is 10.1. The summed E-state index contributed by atoms with van der Waals surface area (Å²) in [6, 6.07) is 13.6. The van der Waals surface area contributed by atoms with Crippen molar-refractivity contribution in [3.8, 4) is 11.3 Å². The molecule has 1 fully saturated rings. The summed E-state index contributed by atoms with van der Waals surface area (Å²) in [6.45, 7) is 5.53. The largest absolute Gasteiger partial charge is 0.365 e. The van der Waals surface area contributed by atoms with Crippen molar-refractivity contribution in [3.05, 3.63) is 73.7 Å². The monoisotopic (exact) mass is 452 g/mol. The summed E-state index contributed by atoms with van der Waals surface area (Å²) in [5.41, 5.74) is 3.67. The third-order valence-corrected chi connectivity index (χ3v) is 5.52. The number of benzene rings is 1. The van der Waals surface area contributed by atoms with Crippen molar-refractivity contribution in [1.82, 2.24) is 24.8 Å². The first-order chi connectivity index (χ1) is 16.6. The lowest BCUT2D eigenvalue weighted by Crippen LogP contribution is -2.52. The number of carbonyl (C=O) groups excluding carboxylic acids is 1. The highest BCUT2D eigenvalue weighted by molar-refractivity contribution is 5.99. The van der Waals surface area contributed by atoms with Crippen molar-refractivity contribution in [2.45, 2.75) is 6.04 Å². The summed E-state index contributed by atoms with van der Waals surface area (Å²) in [5.74, 6) is 1.02. The Hall–Kier alpha value is -4.37. The van der Waals surface area contributed by atoms with E-state index in [9.17, 15) is 4.79 Å². The Morgan fingerprint density at radius 2 is 1.97 bits per heavy atom. The van der Waals surface area contributed by atoms with Crippen molar-refractivity contribution in [3.63, 3.8) is 0 Å². The molecule has 3 N–H and O–H groups in total. The van der Waals surface area contributed by atoms with Crippen molar-refractivity contribution < 1.29 is 4.79 Å². The zero-order valence-corrected chi connectivity index (χ0v) is 18.7. The van der Waals surface area contributed by atoms with Gasteiger partial charge in [0.15, 0.2) is 0 Å². The molecule has 34 heavy (non-hydrogen) atoms. The standard InChI is InChI=1S/C25H24N8O/c1-3-22(34)30-18-6-4-5-16(11-18)23-24-17(9-10-26-23)12-28-25(32-24)31-19-7-8-21(27-13-19)29-20-14-33(2)15-20/h3-13,20H,1,14-15H2,2H3,(H,27,29)(H,30,34)(H,28,31,32). The van der Waals surface area contributed by atoms with Crippen LogP contribution in [0.3, 0.4) is 0 Å². The average molecular weight is 453 g/mol. The molecular weight excluding hydrogens is 428 g/mol. The van der Waals surface area contributed by atoms with Crippen molar-refractivity contribution in [2.24, 2.45) is 0 Å². The fraction of sp³-hybridized carbons (Fsp3) is 0.160. The second kappa shape index (κ2) is 9.24. The Kier molecular flexibility index (Phi) is 5.84. The molecule has 0 bridgehead atoms. The van der Waals surface area contributed by atoms with Gasteiger partial charge in [-0.3, -0.25) is 9.78 Å². The highest BCUT2D eigenvalue weighted by atomic mass is 16.1. The second-order valence-electron chi connectivity index (χ2n) is 8.18. The van der Waals surface area contributed by atoms with Crippen LogP contribution in [-0.4, -0.2) is 56.9 Å². The molecule has 1 saturated heterocycles. The van der Waals surface area contributed by atoms with Crippen LogP contribution in [0.15, 0.2) is 73.7 Å². The van der Waals surface area contributed by atoms with Gasteiger partial charge in [0.2, 0.25) is 11.9 Å². The van der Waals surface area contributed by atoms with Gasteiger partial charge in [0, 0.05) is 42.1 Å². The number of hydrogen-bond donors (Lipinski definition) is 3. The van der Waals surface area contributed by atoms with Gasteiger partial charge in [-0.2, -0.15) is 0 Å². The van der Waals surface area contributed by atoms with Gasteiger partial charge in [0.25, 0.3) is 0 Å². The molecule has 0 unspecified atom stereocenters. The molecule has 4 heterocycles. The first-order valence-electron chi connectivity index (χ1n) is 10.9. The van der Waals surface area contributed by atoms with E-state index in [1.165, 1.54) is 6.08 Å². The van der Waals surface area contributed by atoms with Crippen molar-refractivity contribution in [1.29, 1.82) is 0 Å². The molecule has 0 radical (unpaired) electrons. The Labute approximate surface area is 197 Å². The topological polar surface area (TPSA) is 108 Å². The van der Waals surface area contributed by atoms with E-state index in [2.05, 4.69) is 49.4 Å². The molecule has 1 aromatic carbocycles. The first kappa shape index (κ1) is 21.5. The zero-order chi connectivity index (χ0) is 23.5. The number of anilines is 4. The van der Waals surface area contributed by atoms with Gasteiger partial charge in [-0.15, -0.1) is 0 Å². The summed E-state index contributed by atoms with van der Waals surface area (Å²) < 4.78 is 0. The van der Waals surface area contributed by atoms with Gasteiger partial charge < -0.3 is 20.9 Å². The lowest BCUT2D eigenvalue weighted by Gasteiger charge is -2.36. The summed E-state index contributed by atoms with van der Waals surface area (Å²) >= 11 is 0. The number of hydrogen-bond acceptors (Lipinski definition) is 8. The van der Waals surface area contributed by atoms with Crippen LogP contribution < -0.4 is 16.0 Å². The van der Waals surface area contributed by atoms with E-state index in [1.807, 2.05) is 42.5 Å². The van der Waals surface area contributed by atoms with Gasteiger partial charge >= 0.3 is 0 Å². The summed E-state index contributed by atoms with van der Waals surface area (Å²) in [4.78, 5) is 32.1. The number of pyridine rings is 2. The van der Waals surface area contributed by atoms with Crippen LogP contribution in [-0.2, 0) is 4.79 Å². The molecule has 5 rings (SSSR count). The highest BCUT2D eigenvalue weighted by Crippen LogP contribution is 2.28. The average Bonchev–Trinajstić information content (AvgIpc) is 2.84. The molecule has 170 valence electrons. The summed E-state index contributed by atoms with van der Waals surface area (Å²) in [6.07, 6.45) is 6.47. The van der Waals surface area contributed by atoms with E-state index in [0.29, 0.717) is 28.9 Å². The van der Waals surface area contributed by atoms with E-state index < -0.39 is 0 Å². The normalized spacial score (nSPS) is 13.8. The quantitative estimate of drug-likeness (QED) is 0.365. The number of nitrogens with one attached hydrogen (secondary N) is 3. The number of likely N-dealkylation sites (tertiary alicyclic amines) is 1. The van der Waals surface area contributed by atoms with Crippen LogP contribution in [0.5, 0.6) is 0 Å². The third-order valence-electron chi connectivity index (χ3n) is 5.52. The molecule has 0 aliphatic carbocycles. The van der Waals surface area contributed by atoms with Gasteiger partial charge in [-0.1, -0.05) is 18.7 Å². The van der Waals surface area contributed by atoms with Crippen molar-refractivity contribution >= 4 is 40.0 Å². The molecule has 0 saturated carbocycles. The van der Waals surface area contributed by atoms with Crippen LogP contribution in [0.2, 0.25) is 0 Å². The van der Waals surface area contributed by atoms with Crippen LogP contribution in [0.25, 0.3) is 22.2 Å². The number of likely N-dealkylation sites (N-methyl/N-ethyl adjacent to an activating group) is 1. The summed E-state index contributed by atoms with van der Waals surface area (Å²) in [7, 11) is 2.10. The SMILES string of the molecule is C=CC(=O)Nc1cccc(-c2nccc3cnc(Nc4ccc(NC5CN(C)C5)nc4)nc23)c1. The molecule has 0 atom stereocenters. The van der Waals surface area contributed by atoms with E-state index in [1.54, 1.807) is 18.6 Å². The van der Waals surface area contributed by atoms with E-state index in [-0.39, 0.29) is 5.91 Å². The number of rotatable bonds is 7. The summed E-state index contributed by atoms with van der Waals surface area (Å²) in [5, 5.41) is 10.3. The maximum absolute atomic E-state index is 11.7. The van der Waals surface area contributed by atoms with E-state index in [4.69, 9.17) is 4.98 Å². The molecule has 9 nitrogen and oxygen atoms in total. The lowest BCUT2D eigenvalue weighted by molar-refractivity contribution is -0.111. The maximum Gasteiger partial charge on any atom is 0.247 e. The Morgan fingerprint density at radius 3 is 2.74 bits per heavy atom. The fourth-order valence-electron chi connectivity index (χ4n) is 3.85. The number of amides is 1. The molecule has 9 heteroatoms. The van der Waals surface area contributed by atoms with Gasteiger partial charge in [0.1, 0.15) is 11.3 Å². The predicted molar refractivity (Wildman–Crippen MR) is 134 cm³/mol. The number of fused-ring (bicyclic) bond motifs is 1. The van der Waals surface area contributed by atoms with Crippen molar-refractivity contribution in [2.75, 3.05) is 36.1 Å². The third kappa shape index (κ3) is 4.69. The fourth-order valence-corrected chi connectivity index (χ4v) is 3.85. The van der Waals surface area contributed by atoms with E-state index in [0.717, 1.165) is 35.5 Å². The van der Waals surface area contributed by atoms with Crippen LogP contribution in [0.1, 0.15) is 0 Å². The number of carbonyl (C=O) groups is 1. The van der Waals surface area contributed by atoms with Gasteiger partial charge in [-0.05, 0) is 43.5 Å². The minimum Gasteiger partial charge on any atom is -0.365 e. The van der Waals surface area contributed by atoms with E-state index >= 15 is 0 Å². The van der Waals surface area contributed by atoms with Crippen LogP contribution >= 0.6 is 0 Å². The first-order valence-corrected chi connectivity index (χ1v) is 10.9. The Morgan fingerprint density at radius 1 is 1.09 bits per heavy atom. The highest BCUT2D eigenvalue weighted by Gasteiger charge is 2.22. The second-order valence-corrected chi connectivity index (χ2v) is 8.18. The van der Waals surface area contributed by atoms with Gasteiger partial charge in [-0.25, -0.2) is 15.0 Å². The maximum atomic E-state index is 11.7. The minimum absolute atomic E-state index is 0.272. The van der Waals surface area contributed by atoms with Gasteiger partial charge in [0.05, 0.1) is 23.6 Å².